The number of aromatic amines is 1. The van der Waals surface area contributed by atoms with Crippen LogP contribution in [0.25, 0.3) is 0 Å². The van der Waals surface area contributed by atoms with Crippen molar-refractivity contribution in [1.82, 2.24) is 10.2 Å². The van der Waals surface area contributed by atoms with Gasteiger partial charge in [-0.1, -0.05) is 0 Å². The fourth-order valence-corrected chi connectivity index (χ4v) is 1.31. The molecule has 0 amide bonds. The number of halogens is 1. The molecule has 4 heteroatoms. The van der Waals surface area contributed by atoms with Gasteiger partial charge in [-0.3, -0.25) is 4.79 Å². The Balaban J connectivity index is 2.44. The van der Waals surface area contributed by atoms with Gasteiger partial charge in [-0.25, -0.2) is 5.10 Å². The molecule has 0 atom stereocenters. The monoisotopic (exact) mass is 214 g/mol. The molecule has 0 spiro atoms. The number of H-pyrrole nitrogens is 1. The minimum absolute atomic E-state index is 0.158. The summed E-state index contributed by atoms with van der Waals surface area (Å²) in [5, 5.41) is 6.37. The Labute approximate surface area is 72.0 Å². The van der Waals surface area contributed by atoms with Gasteiger partial charge in [-0.05, 0) is 34.8 Å². The lowest BCUT2D eigenvalue weighted by Crippen LogP contribution is -2.09. The van der Waals surface area contributed by atoms with Crippen LogP contribution in [0.5, 0.6) is 0 Å². The van der Waals surface area contributed by atoms with Crippen LogP contribution in [0.4, 0.5) is 0 Å². The first-order valence-corrected chi connectivity index (χ1v) is 4.32. The van der Waals surface area contributed by atoms with Crippen LogP contribution in [-0.2, 0) is 0 Å². The molecule has 0 radical (unpaired) electrons. The van der Waals surface area contributed by atoms with E-state index >= 15 is 0 Å². The lowest BCUT2D eigenvalue weighted by molar-refractivity contribution is 0.881. The summed E-state index contributed by atoms with van der Waals surface area (Å²) in [6.45, 7) is 0. The highest BCUT2D eigenvalue weighted by Crippen LogP contribution is 2.38. The minimum atomic E-state index is -0.158. The standard InChI is InChI=1S/C7H7BrN2O/c8-5-3-6(4-1-2-4)9-10-7(5)11/h3-4H,1-2H2,(H,10,11). The van der Waals surface area contributed by atoms with Crippen molar-refractivity contribution in [1.29, 1.82) is 0 Å². The molecule has 0 aromatic carbocycles. The van der Waals surface area contributed by atoms with E-state index in [-0.39, 0.29) is 5.56 Å². The van der Waals surface area contributed by atoms with Crippen molar-refractivity contribution >= 4 is 15.9 Å². The predicted molar refractivity (Wildman–Crippen MR) is 44.5 cm³/mol. The second kappa shape index (κ2) is 2.44. The molecule has 0 unspecified atom stereocenters. The van der Waals surface area contributed by atoms with Gasteiger partial charge >= 0.3 is 0 Å². The highest BCUT2D eigenvalue weighted by molar-refractivity contribution is 9.10. The van der Waals surface area contributed by atoms with Crippen LogP contribution >= 0.6 is 15.9 Å². The molecule has 0 aliphatic heterocycles. The average molecular weight is 215 g/mol. The quantitative estimate of drug-likeness (QED) is 0.769. The summed E-state index contributed by atoms with van der Waals surface area (Å²) in [6, 6.07) is 1.80. The highest BCUT2D eigenvalue weighted by Gasteiger charge is 2.25. The van der Waals surface area contributed by atoms with Crippen molar-refractivity contribution in [3.63, 3.8) is 0 Å². The molecule has 1 aromatic rings. The SMILES string of the molecule is O=c1[nH]nc(C2CC2)cc1Br. The van der Waals surface area contributed by atoms with Crippen molar-refractivity contribution < 1.29 is 0 Å². The molecule has 1 aliphatic rings. The first-order chi connectivity index (χ1) is 5.27. The van der Waals surface area contributed by atoms with Gasteiger partial charge in [-0.2, -0.15) is 5.10 Å². The summed E-state index contributed by atoms with van der Waals surface area (Å²) >= 11 is 3.16. The lowest BCUT2D eigenvalue weighted by atomic mass is 10.3. The fraction of sp³-hybridized carbons (Fsp3) is 0.429. The van der Waals surface area contributed by atoms with Crippen LogP contribution in [0.3, 0.4) is 0 Å². The van der Waals surface area contributed by atoms with Gasteiger partial charge < -0.3 is 0 Å². The van der Waals surface area contributed by atoms with E-state index in [0.29, 0.717) is 10.4 Å². The van der Waals surface area contributed by atoms with Crippen LogP contribution in [0.15, 0.2) is 15.3 Å². The fourth-order valence-electron chi connectivity index (χ4n) is 0.985. The maximum atomic E-state index is 10.8. The molecule has 11 heavy (non-hydrogen) atoms. The van der Waals surface area contributed by atoms with Gasteiger partial charge in [0.15, 0.2) is 0 Å². The molecule has 2 rings (SSSR count). The van der Waals surface area contributed by atoms with Gasteiger partial charge in [0.05, 0.1) is 10.2 Å². The van der Waals surface area contributed by atoms with Crippen molar-refractivity contribution in [2.24, 2.45) is 0 Å². The Bertz CT molecular complexity index is 329. The Morgan fingerprint density at radius 3 is 2.91 bits per heavy atom. The van der Waals surface area contributed by atoms with E-state index < -0.39 is 0 Å². The van der Waals surface area contributed by atoms with E-state index in [2.05, 4.69) is 26.1 Å². The molecule has 3 nitrogen and oxygen atoms in total. The average Bonchev–Trinajstić information content (AvgIpc) is 2.77. The summed E-state index contributed by atoms with van der Waals surface area (Å²) in [7, 11) is 0. The Morgan fingerprint density at radius 1 is 1.64 bits per heavy atom. The number of nitrogens with zero attached hydrogens (tertiary/aromatic N) is 1. The smallest absolute Gasteiger partial charge is 0.267 e. The molecule has 1 saturated carbocycles. The number of hydrogen-bond donors (Lipinski definition) is 1. The normalized spacial score (nSPS) is 16.8. The summed E-state index contributed by atoms with van der Waals surface area (Å²) in [5.74, 6) is 0.586. The van der Waals surface area contributed by atoms with Gasteiger partial charge in [0.25, 0.3) is 5.56 Å². The molecule has 58 valence electrons. The van der Waals surface area contributed by atoms with Crippen molar-refractivity contribution in [2.45, 2.75) is 18.8 Å². The Kier molecular flexibility index (Phi) is 1.56. The minimum Gasteiger partial charge on any atom is -0.267 e. The molecule has 1 heterocycles. The van der Waals surface area contributed by atoms with Crippen LogP contribution < -0.4 is 5.56 Å². The third kappa shape index (κ3) is 1.35. The topological polar surface area (TPSA) is 45.8 Å². The van der Waals surface area contributed by atoms with E-state index in [1.54, 1.807) is 6.07 Å². The molecule has 1 aliphatic carbocycles. The van der Waals surface area contributed by atoms with Crippen molar-refractivity contribution in [3.05, 3.63) is 26.6 Å². The third-order valence-corrected chi connectivity index (χ3v) is 2.36. The zero-order valence-corrected chi connectivity index (χ0v) is 7.39. The summed E-state index contributed by atoms with van der Waals surface area (Å²) in [4.78, 5) is 10.8. The third-order valence-electron chi connectivity index (χ3n) is 1.77. The molecule has 1 aromatic heterocycles. The molecular formula is C7H7BrN2O. The van der Waals surface area contributed by atoms with Crippen LogP contribution in [0.2, 0.25) is 0 Å². The number of nitrogens with one attached hydrogen (secondary N) is 1. The molecule has 1 N–H and O–H groups in total. The zero-order chi connectivity index (χ0) is 7.84. The largest absolute Gasteiger partial charge is 0.278 e. The Morgan fingerprint density at radius 2 is 2.36 bits per heavy atom. The van der Waals surface area contributed by atoms with Gasteiger partial charge in [0.2, 0.25) is 0 Å². The van der Waals surface area contributed by atoms with E-state index in [9.17, 15) is 4.79 Å². The van der Waals surface area contributed by atoms with E-state index in [1.165, 1.54) is 12.8 Å². The number of rotatable bonds is 1. The molecule has 1 fully saturated rings. The first kappa shape index (κ1) is 7.03. The second-order valence-electron chi connectivity index (χ2n) is 2.74. The predicted octanol–water partition coefficient (Wildman–Crippen LogP) is 1.41. The van der Waals surface area contributed by atoms with E-state index in [0.717, 1.165) is 5.69 Å². The van der Waals surface area contributed by atoms with E-state index in [1.807, 2.05) is 0 Å². The van der Waals surface area contributed by atoms with Crippen molar-refractivity contribution in [2.75, 3.05) is 0 Å². The number of hydrogen-bond acceptors (Lipinski definition) is 2. The summed E-state index contributed by atoms with van der Waals surface area (Å²) in [6.07, 6.45) is 2.40. The van der Waals surface area contributed by atoms with Crippen LogP contribution in [0, 0.1) is 0 Å². The highest BCUT2D eigenvalue weighted by atomic mass is 79.9. The van der Waals surface area contributed by atoms with Gasteiger partial charge in [-0.15, -0.1) is 0 Å². The van der Waals surface area contributed by atoms with Crippen LogP contribution in [-0.4, -0.2) is 10.2 Å². The van der Waals surface area contributed by atoms with Crippen molar-refractivity contribution in [3.8, 4) is 0 Å². The second-order valence-corrected chi connectivity index (χ2v) is 3.60. The first-order valence-electron chi connectivity index (χ1n) is 3.52. The van der Waals surface area contributed by atoms with E-state index in [4.69, 9.17) is 0 Å². The lowest BCUT2D eigenvalue weighted by Gasteiger charge is -1.94. The zero-order valence-electron chi connectivity index (χ0n) is 5.80. The van der Waals surface area contributed by atoms with Gasteiger partial charge in [0, 0.05) is 5.92 Å². The Hall–Kier alpha value is -0.640. The number of aromatic nitrogens is 2. The maximum absolute atomic E-state index is 10.8. The summed E-state index contributed by atoms with van der Waals surface area (Å²) < 4.78 is 0.578. The maximum Gasteiger partial charge on any atom is 0.278 e. The van der Waals surface area contributed by atoms with Crippen LogP contribution in [0.1, 0.15) is 24.5 Å². The molecule has 0 bridgehead atoms. The molecule has 0 saturated heterocycles. The van der Waals surface area contributed by atoms with Gasteiger partial charge in [0.1, 0.15) is 0 Å². The molecular weight excluding hydrogens is 208 g/mol. The summed E-state index contributed by atoms with van der Waals surface area (Å²) in [5.41, 5.74) is 0.839.